The lowest BCUT2D eigenvalue weighted by Gasteiger charge is -2.14. The minimum Gasteiger partial charge on any atom is -0.435 e. The number of nitrogens with one attached hydrogen (secondary N) is 1. The van der Waals surface area contributed by atoms with Gasteiger partial charge in [0.05, 0.1) is 0 Å². The van der Waals surface area contributed by atoms with Crippen LogP contribution in [0.3, 0.4) is 0 Å². The second kappa shape index (κ2) is 5.00. The third-order valence-electron chi connectivity index (χ3n) is 3.18. The molecule has 0 aliphatic heterocycles. The van der Waals surface area contributed by atoms with E-state index >= 15 is 0 Å². The van der Waals surface area contributed by atoms with Crippen molar-refractivity contribution in [1.29, 1.82) is 0 Å². The Morgan fingerprint density at radius 2 is 1.88 bits per heavy atom. The van der Waals surface area contributed by atoms with Crippen LogP contribution in [0.5, 0.6) is 5.75 Å². The fourth-order valence-corrected chi connectivity index (χ4v) is 1.91. The Balaban J connectivity index is 1.92. The maximum Gasteiger partial charge on any atom is 0.387 e. The average Bonchev–Trinajstić information content (AvgIpc) is 2.94. The van der Waals surface area contributed by atoms with E-state index in [4.69, 9.17) is 0 Å². The molecular formula is C13H17F2NO. The Morgan fingerprint density at radius 1 is 1.29 bits per heavy atom. The molecule has 3 unspecified atom stereocenters. The molecule has 0 aromatic heterocycles. The summed E-state index contributed by atoms with van der Waals surface area (Å²) < 4.78 is 28.2. The molecule has 94 valence electrons. The van der Waals surface area contributed by atoms with Crippen molar-refractivity contribution in [2.45, 2.75) is 39.0 Å². The van der Waals surface area contributed by atoms with Gasteiger partial charge in [0.2, 0.25) is 0 Å². The van der Waals surface area contributed by atoms with Gasteiger partial charge in [0.25, 0.3) is 0 Å². The first kappa shape index (κ1) is 12.3. The van der Waals surface area contributed by atoms with Crippen molar-refractivity contribution in [1.82, 2.24) is 5.32 Å². The molecule has 2 nitrogen and oxygen atoms in total. The fourth-order valence-electron chi connectivity index (χ4n) is 1.91. The van der Waals surface area contributed by atoms with Crippen LogP contribution in [-0.2, 0) is 0 Å². The molecule has 0 amide bonds. The van der Waals surface area contributed by atoms with Crippen molar-refractivity contribution in [2.24, 2.45) is 5.92 Å². The first-order valence-corrected chi connectivity index (χ1v) is 5.87. The Bertz CT molecular complexity index is 366. The Kier molecular flexibility index (Phi) is 3.62. The van der Waals surface area contributed by atoms with Gasteiger partial charge in [-0.3, -0.25) is 0 Å². The van der Waals surface area contributed by atoms with E-state index in [2.05, 4.69) is 23.9 Å². The van der Waals surface area contributed by atoms with Crippen molar-refractivity contribution in [3.8, 4) is 5.75 Å². The summed E-state index contributed by atoms with van der Waals surface area (Å²) in [5.74, 6) is 0.953. The van der Waals surface area contributed by atoms with Crippen LogP contribution in [-0.4, -0.2) is 12.7 Å². The molecule has 1 saturated carbocycles. The molecule has 0 bridgehead atoms. The highest BCUT2D eigenvalue weighted by Crippen LogP contribution is 2.31. The maximum atomic E-state index is 12.0. The maximum absolute atomic E-state index is 12.0. The topological polar surface area (TPSA) is 21.3 Å². The summed E-state index contributed by atoms with van der Waals surface area (Å²) in [6, 6.07) is 7.64. The molecule has 3 atom stereocenters. The van der Waals surface area contributed by atoms with Crippen LogP contribution >= 0.6 is 0 Å². The Hall–Kier alpha value is -1.16. The normalized spacial score (nSPS) is 24.8. The molecule has 17 heavy (non-hydrogen) atoms. The number of alkyl halides is 2. The quantitative estimate of drug-likeness (QED) is 0.853. The van der Waals surface area contributed by atoms with Gasteiger partial charge in [-0.25, -0.2) is 0 Å². The summed E-state index contributed by atoms with van der Waals surface area (Å²) in [6.07, 6.45) is 1.22. The van der Waals surface area contributed by atoms with E-state index in [-0.39, 0.29) is 11.8 Å². The predicted molar refractivity (Wildman–Crippen MR) is 62.2 cm³/mol. The molecule has 1 aliphatic carbocycles. The average molecular weight is 241 g/mol. The van der Waals surface area contributed by atoms with Crippen molar-refractivity contribution < 1.29 is 13.5 Å². The first-order valence-electron chi connectivity index (χ1n) is 5.87. The molecule has 1 aromatic rings. The lowest BCUT2D eigenvalue weighted by Crippen LogP contribution is -2.21. The molecule has 1 aliphatic rings. The molecule has 1 aromatic carbocycles. The molecule has 1 fully saturated rings. The third-order valence-corrected chi connectivity index (χ3v) is 3.18. The van der Waals surface area contributed by atoms with E-state index in [9.17, 15) is 8.78 Å². The number of ether oxygens (including phenoxy) is 1. The van der Waals surface area contributed by atoms with Crippen LogP contribution in [0, 0.1) is 5.92 Å². The van der Waals surface area contributed by atoms with Gasteiger partial charge in [0, 0.05) is 12.1 Å². The molecule has 2 rings (SSSR count). The zero-order valence-corrected chi connectivity index (χ0v) is 9.99. The SMILES string of the molecule is CC(NC1CC1C)c1ccc(OC(F)F)cc1. The highest BCUT2D eigenvalue weighted by Gasteiger charge is 2.33. The summed E-state index contributed by atoms with van der Waals surface area (Å²) in [7, 11) is 0. The molecule has 4 heteroatoms. The standard InChI is InChI=1S/C13H17F2NO/c1-8-7-12(8)16-9(2)10-3-5-11(6-4-10)17-13(14)15/h3-6,8-9,12-13,16H,7H2,1-2H3. The van der Waals surface area contributed by atoms with E-state index in [0.29, 0.717) is 6.04 Å². The number of hydrogen-bond acceptors (Lipinski definition) is 2. The van der Waals surface area contributed by atoms with Crippen LogP contribution < -0.4 is 10.1 Å². The lowest BCUT2D eigenvalue weighted by molar-refractivity contribution is -0.0498. The zero-order chi connectivity index (χ0) is 12.4. The third kappa shape index (κ3) is 3.40. The van der Waals surface area contributed by atoms with Crippen LogP contribution in [0.2, 0.25) is 0 Å². The largest absolute Gasteiger partial charge is 0.435 e. The summed E-state index contributed by atoms with van der Waals surface area (Å²) in [6.45, 7) is 1.53. The minimum absolute atomic E-state index is 0.204. The molecular weight excluding hydrogens is 224 g/mol. The van der Waals surface area contributed by atoms with Crippen LogP contribution in [0.25, 0.3) is 0 Å². The van der Waals surface area contributed by atoms with E-state index in [1.807, 2.05) is 12.1 Å². The summed E-state index contributed by atoms with van der Waals surface area (Å²) in [5.41, 5.74) is 1.09. The number of hydrogen-bond donors (Lipinski definition) is 1. The van der Waals surface area contributed by atoms with Crippen molar-refractivity contribution >= 4 is 0 Å². The van der Waals surface area contributed by atoms with Crippen LogP contribution in [0.4, 0.5) is 8.78 Å². The highest BCUT2D eigenvalue weighted by molar-refractivity contribution is 5.29. The van der Waals surface area contributed by atoms with Gasteiger partial charge in [-0.15, -0.1) is 0 Å². The van der Waals surface area contributed by atoms with E-state index in [0.717, 1.165) is 11.5 Å². The minimum atomic E-state index is -2.76. The van der Waals surface area contributed by atoms with Gasteiger partial charge in [-0.05, 0) is 37.0 Å². The number of benzene rings is 1. The number of halogens is 2. The summed E-state index contributed by atoms with van der Waals surface area (Å²) >= 11 is 0. The van der Waals surface area contributed by atoms with E-state index in [1.54, 1.807) is 12.1 Å². The number of rotatable bonds is 5. The summed E-state index contributed by atoms with van der Waals surface area (Å²) in [4.78, 5) is 0. The lowest BCUT2D eigenvalue weighted by atomic mass is 10.1. The fraction of sp³-hybridized carbons (Fsp3) is 0.538. The van der Waals surface area contributed by atoms with Gasteiger partial charge >= 0.3 is 6.61 Å². The molecule has 1 N–H and O–H groups in total. The Labute approximate surface area is 100.0 Å². The van der Waals surface area contributed by atoms with Crippen molar-refractivity contribution in [2.75, 3.05) is 0 Å². The second-order valence-electron chi connectivity index (χ2n) is 4.66. The molecule has 0 heterocycles. The summed E-state index contributed by atoms with van der Waals surface area (Å²) in [5, 5.41) is 3.49. The Morgan fingerprint density at radius 3 is 2.35 bits per heavy atom. The van der Waals surface area contributed by atoms with Gasteiger partial charge in [0.1, 0.15) is 5.75 Å². The zero-order valence-electron chi connectivity index (χ0n) is 9.99. The second-order valence-corrected chi connectivity index (χ2v) is 4.66. The monoisotopic (exact) mass is 241 g/mol. The van der Waals surface area contributed by atoms with Gasteiger partial charge in [0.15, 0.2) is 0 Å². The predicted octanol–water partition coefficient (Wildman–Crippen LogP) is 3.35. The molecule has 0 radical (unpaired) electrons. The van der Waals surface area contributed by atoms with Gasteiger partial charge < -0.3 is 10.1 Å². The van der Waals surface area contributed by atoms with E-state index < -0.39 is 6.61 Å². The highest BCUT2D eigenvalue weighted by atomic mass is 19.3. The van der Waals surface area contributed by atoms with Gasteiger partial charge in [-0.1, -0.05) is 19.1 Å². The van der Waals surface area contributed by atoms with Crippen LogP contribution in [0.1, 0.15) is 31.9 Å². The van der Waals surface area contributed by atoms with Gasteiger partial charge in [-0.2, -0.15) is 8.78 Å². The van der Waals surface area contributed by atoms with Crippen LogP contribution in [0.15, 0.2) is 24.3 Å². The van der Waals surface area contributed by atoms with Crippen molar-refractivity contribution in [3.05, 3.63) is 29.8 Å². The molecule has 0 saturated heterocycles. The van der Waals surface area contributed by atoms with E-state index in [1.165, 1.54) is 6.42 Å². The first-order chi connectivity index (χ1) is 8.06. The van der Waals surface area contributed by atoms with Crippen molar-refractivity contribution in [3.63, 3.8) is 0 Å². The smallest absolute Gasteiger partial charge is 0.387 e. The molecule has 0 spiro atoms.